The first-order valence-corrected chi connectivity index (χ1v) is 8.67. The van der Waals surface area contributed by atoms with E-state index in [1.165, 1.54) is 12.4 Å². The molecule has 0 spiro atoms. The summed E-state index contributed by atoms with van der Waals surface area (Å²) < 4.78 is 6.21. The zero-order valence-electron chi connectivity index (χ0n) is 14.9. The van der Waals surface area contributed by atoms with Crippen LogP contribution in [0.25, 0.3) is 6.08 Å². The molecule has 1 fully saturated rings. The average molecular weight is 332 g/mol. The molecule has 0 saturated carbocycles. The molecule has 0 aliphatic carbocycles. The largest absolute Gasteiger partial charge is 0.619 e. The number of ether oxygens (including phenoxy) is 1. The van der Waals surface area contributed by atoms with Crippen LogP contribution in [-0.4, -0.2) is 29.7 Å². The summed E-state index contributed by atoms with van der Waals surface area (Å²) in [5.41, 5.74) is 0.614. The molecule has 5 heteroatoms. The second kappa shape index (κ2) is 8.18. The van der Waals surface area contributed by atoms with E-state index in [1.807, 2.05) is 37.8 Å². The normalized spacial score (nSPS) is 16.5. The number of piperidine rings is 1. The van der Waals surface area contributed by atoms with E-state index in [9.17, 15) is 10.0 Å². The monoisotopic (exact) mass is 332 g/mol. The first-order chi connectivity index (χ1) is 11.3. The van der Waals surface area contributed by atoms with Gasteiger partial charge in [0.15, 0.2) is 12.4 Å². The van der Waals surface area contributed by atoms with E-state index in [0.29, 0.717) is 5.92 Å². The first kappa shape index (κ1) is 18.3. The highest BCUT2D eigenvalue weighted by molar-refractivity contribution is 5.68. The number of amides is 1. The third-order valence-electron chi connectivity index (χ3n) is 4.15. The molecule has 0 bridgehead atoms. The maximum atomic E-state index is 12.0. The zero-order valence-corrected chi connectivity index (χ0v) is 14.9. The van der Waals surface area contributed by atoms with Gasteiger partial charge in [0.25, 0.3) is 0 Å². The number of allylic oxidation sites excluding steroid dienone is 1. The van der Waals surface area contributed by atoms with Crippen molar-refractivity contribution in [3.05, 3.63) is 41.4 Å². The van der Waals surface area contributed by atoms with E-state index in [0.717, 1.165) is 49.1 Å². The van der Waals surface area contributed by atoms with Crippen molar-refractivity contribution in [1.29, 1.82) is 0 Å². The molecule has 1 amide bonds. The lowest BCUT2D eigenvalue weighted by molar-refractivity contribution is -0.605. The van der Waals surface area contributed by atoms with Gasteiger partial charge in [-0.1, -0.05) is 12.2 Å². The van der Waals surface area contributed by atoms with Crippen LogP contribution in [-0.2, 0) is 4.74 Å². The Morgan fingerprint density at radius 1 is 1.33 bits per heavy atom. The van der Waals surface area contributed by atoms with Gasteiger partial charge in [0.2, 0.25) is 0 Å². The van der Waals surface area contributed by atoms with Gasteiger partial charge in [-0.05, 0) is 57.9 Å². The lowest BCUT2D eigenvalue weighted by atomic mass is 9.92. The van der Waals surface area contributed by atoms with Crippen molar-refractivity contribution in [1.82, 2.24) is 4.90 Å². The fourth-order valence-corrected chi connectivity index (χ4v) is 2.82. The number of carbonyl (C=O) groups excluding carboxylic acids is 1. The number of hydrogen-bond acceptors (Lipinski definition) is 3. The SMILES string of the molecule is CC(C)(C)OC(=O)N1CCC(CC/C=C/c2cc[n+]([O-])cc2)CC1. The van der Waals surface area contributed by atoms with E-state index in [-0.39, 0.29) is 6.09 Å². The fraction of sp³-hybridized carbons (Fsp3) is 0.579. The van der Waals surface area contributed by atoms with Crippen molar-refractivity contribution < 1.29 is 14.3 Å². The highest BCUT2D eigenvalue weighted by Crippen LogP contribution is 2.23. The Morgan fingerprint density at radius 3 is 2.54 bits per heavy atom. The van der Waals surface area contributed by atoms with Crippen LogP contribution < -0.4 is 4.73 Å². The average Bonchev–Trinajstić information content (AvgIpc) is 2.52. The zero-order chi connectivity index (χ0) is 17.6. The van der Waals surface area contributed by atoms with Gasteiger partial charge in [-0.15, -0.1) is 0 Å². The molecular weight excluding hydrogens is 304 g/mol. The number of likely N-dealkylation sites (tertiary alicyclic amines) is 1. The van der Waals surface area contributed by atoms with E-state index in [1.54, 1.807) is 0 Å². The molecule has 132 valence electrons. The maximum Gasteiger partial charge on any atom is 0.410 e. The second-order valence-corrected chi connectivity index (χ2v) is 7.38. The molecule has 1 aromatic rings. The standard InChI is InChI=1S/C19H28N2O3/c1-19(2,3)24-18(22)20-12-8-16(9-13-20)6-4-5-7-17-10-14-21(23)15-11-17/h5,7,10-11,14-16H,4,6,8-9,12-13H2,1-3H3/b7-5+. The Kier molecular flexibility index (Phi) is 6.23. The topological polar surface area (TPSA) is 56.5 Å². The molecule has 0 radical (unpaired) electrons. The van der Waals surface area contributed by atoms with Gasteiger partial charge in [-0.25, -0.2) is 4.79 Å². The molecule has 1 saturated heterocycles. The van der Waals surface area contributed by atoms with Crippen LogP contribution in [0.1, 0.15) is 52.0 Å². The summed E-state index contributed by atoms with van der Waals surface area (Å²) >= 11 is 0. The molecule has 1 aromatic heterocycles. The molecular formula is C19H28N2O3. The molecule has 2 heterocycles. The Balaban J connectivity index is 1.68. The van der Waals surface area contributed by atoms with Crippen molar-refractivity contribution in [3.63, 3.8) is 0 Å². The van der Waals surface area contributed by atoms with Gasteiger partial charge >= 0.3 is 6.09 Å². The van der Waals surface area contributed by atoms with Gasteiger partial charge in [0, 0.05) is 25.2 Å². The number of hydrogen-bond donors (Lipinski definition) is 0. The van der Waals surface area contributed by atoms with Crippen LogP contribution in [0.2, 0.25) is 0 Å². The summed E-state index contributed by atoms with van der Waals surface area (Å²) in [5, 5.41) is 11.0. The summed E-state index contributed by atoms with van der Waals surface area (Å²) in [7, 11) is 0. The lowest BCUT2D eigenvalue weighted by Crippen LogP contribution is -2.41. The predicted molar refractivity (Wildman–Crippen MR) is 94.2 cm³/mol. The Bertz CT molecular complexity index is 553. The van der Waals surface area contributed by atoms with Gasteiger partial charge in [0.1, 0.15) is 5.60 Å². The minimum absolute atomic E-state index is 0.194. The third-order valence-corrected chi connectivity index (χ3v) is 4.15. The first-order valence-electron chi connectivity index (χ1n) is 8.67. The van der Waals surface area contributed by atoms with Gasteiger partial charge in [-0.3, -0.25) is 0 Å². The van der Waals surface area contributed by atoms with Crippen LogP contribution in [0.4, 0.5) is 4.79 Å². The molecule has 1 aliphatic rings. The summed E-state index contributed by atoms with van der Waals surface area (Å²) in [6.07, 6.45) is 11.2. The third kappa shape index (κ3) is 6.22. The smallest absolute Gasteiger partial charge is 0.410 e. The fourth-order valence-electron chi connectivity index (χ4n) is 2.82. The number of carbonyl (C=O) groups is 1. The highest BCUT2D eigenvalue weighted by Gasteiger charge is 2.26. The Morgan fingerprint density at radius 2 is 1.96 bits per heavy atom. The van der Waals surface area contributed by atoms with Crippen molar-refractivity contribution in [2.45, 2.75) is 52.1 Å². The van der Waals surface area contributed by atoms with Crippen LogP contribution in [0.5, 0.6) is 0 Å². The number of pyridine rings is 1. The van der Waals surface area contributed by atoms with Gasteiger partial charge in [-0.2, -0.15) is 4.73 Å². The Labute approximate surface area is 144 Å². The Hall–Kier alpha value is -2.04. The van der Waals surface area contributed by atoms with Crippen LogP contribution >= 0.6 is 0 Å². The van der Waals surface area contributed by atoms with Crippen LogP contribution in [0.15, 0.2) is 30.6 Å². The number of aromatic nitrogens is 1. The van der Waals surface area contributed by atoms with E-state index >= 15 is 0 Å². The quantitative estimate of drug-likeness (QED) is 0.623. The number of nitrogens with zero attached hydrogens (tertiary/aromatic N) is 2. The summed E-state index contributed by atoms with van der Waals surface area (Å²) in [6, 6.07) is 3.62. The maximum absolute atomic E-state index is 12.0. The van der Waals surface area contributed by atoms with Crippen LogP contribution in [0, 0.1) is 11.1 Å². The van der Waals surface area contributed by atoms with Crippen molar-refractivity contribution >= 4 is 12.2 Å². The second-order valence-electron chi connectivity index (χ2n) is 7.38. The molecule has 2 rings (SSSR count). The minimum Gasteiger partial charge on any atom is -0.619 e. The predicted octanol–water partition coefficient (Wildman–Crippen LogP) is 3.76. The molecule has 0 unspecified atom stereocenters. The van der Waals surface area contributed by atoms with E-state index < -0.39 is 5.60 Å². The highest BCUT2D eigenvalue weighted by atomic mass is 16.6. The summed E-state index contributed by atoms with van der Waals surface area (Å²) in [6.45, 7) is 7.25. The van der Waals surface area contributed by atoms with Gasteiger partial charge < -0.3 is 14.8 Å². The molecule has 5 nitrogen and oxygen atoms in total. The number of rotatable bonds is 4. The molecule has 0 atom stereocenters. The minimum atomic E-state index is -0.429. The van der Waals surface area contributed by atoms with Crippen molar-refractivity contribution in [3.8, 4) is 0 Å². The molecule has 24 heavy (non-hydrogen) atoms. The molecule has 0 N–H and O–H groups in total. The summed E-state index contributed by atoms with van der Waals surface area (Å²) in [5.74, 6) is 0.660. The van der Waals surface area contributed by atoms with Crippen molar-refractivity contribution in [2.75, 3.05) is 13.1 Å². The van der Waals surface area contributed by atoms with Crippen molar-refractivity contribution in [2.24, 2.45) is 5.92 Å². The molecule has 0 aromatic carbocycles. The van der Waals surface area contributed by atoms with E-state index in [2.05, 4.69) is 12.2 Å². The molecule has 1 aliphatic heterocycles. The lowest BCUT2D eigenvalue weighted by Gasteiger charge is -2.33. The van der Waals surface area contributed by atoms with Gasteiger partial charge in [0.05, 0.1) is 0 Å². The van der Waals surface area contributed by atoms with E-state index in [4.69, 9.17) is 4.74 Å². The van der Waals surface area contributed by atoms with Crippen LogP contribution in [0.3, 0.4) is 0 Å². The summed E-state index contributed by atoms with van der Waals surface area (Å²) in [4.78, 5) is 13.8.